The second kappa shape index (κ2) is 5.66. The minimum absolute atomic E-state index is 0.557. The zero-order chi connectivity index (χ0) is 11.2. The molecule has 3 heteroatoms. The van der Waals surface area contributed by atoms with Crippen LogP contribution in [-0.2, 0) is 11.9 Å². The predicted octanol–water partition coefficient (Wildman–Crippen LogP) is 3.56. The van der Waals surface area contributed by atoms with E-state index in [1.54, 1.807) is 6.20 Å². The van der Waals surface area contributed by atoms with E-state index in [4.69, 9.17) is 4.74 Å². The molecule has 0 unspecified atom stereocenters. The maximum Gasteiger partial charge on any atom is 0.119 e. The Labute approximate surface area is 103 Å². The Morgan fingerprint density at radius 1 is 1.06 bits per heavy atom. The van der Waals surface area contributed by atoms with E-state index in [0.29, 0.717) is 6.61 Å². The van der Waals surface area contributed by atoms with Gasteiger partial charge in [0.25, 0.3) is 0 Å². The van der Waals surface area contributed by atoms with Gasteiger partial charge in [0.15, 0.2) is 0 Å². The monoisotopic (exact) mass is 277 g/mol. The molecule has 0 radical (unpaired) electrons. The van der Waals surface area contributed by atoms with Gasteiger partial charge in [-0.2, -0.15) is 0 Å². The summed E-state index contributed by atoms with van der Waals surface area (Å²) in [6.45, 7) is 0.557. The van der Waals surface area contributed by atoms with Crippen LogP contribution >= 0.6 is 15.9 Å². The lowest BCUT2D eigenvalue weighted by Crippen LogP contribution is -1.95. The first kappa shape index (κ1) is 11.1. The summed E-state index contributed by atoms with van der Waals surface area (Å²) >= 11 is 3.41. The van der Waals surface area contributed by atoms with Crippen LogP contribution in [0.15, 0.2) is 48.8 Å². The highest BCUT2D eigenvalue weighted by Gasteiger charge is 1.96. The summed E-state index contributed by atoms with van der Waals surface area (Å²) in [4.78, 5) is 4.04. The molecule has 0 aliphatic carbocycles. The third-order valence-electron chi connectivity index (χ3n) is 2.21. The van der Waals surface area contributed by atoms with Gasteiger partial charge in [0.1, 0.15) is 12.4 Å². The molecule has 0 aliphatic heterocycles. The fourth-order valence-corrected chi connectivity index (χ4v) is 1.70. The van der Waals surface area contributed by atoms with Gasteiger partial charge in [-0.25, -0.2) is 0 Å². The number of alkyl halides is 1. The van der Waals surface area contributed by atoms with E-state index >= 15 is 0 Å². The number of rotatable bonds is 4. The highest BCUT2D eigenvalue weighted by molar-refractivity contribution is 9.08. The largest absolute Gasteiger partial charge is 0.489 e. The van der Waals surface area contributed by atoms with Gasteiger partial charge in [0, 0.05) is 23.3 Å². The van der Waals surface area contributed by atoms with Gasteiger partial charge in [-0.1, -0.05) is 34.1 Å². The second-order valence-corrected chi connectivity index (χ2v) is 3.99. The van der Waals surface area contributed by atoms with Crippen LogP contribution in [0.1, 0.15) is 11.1 Å². The van der Waals surface area contributed by atoms with Gasteiger partial charge in [0.05, 0.1) is 0 Å². The van der Waals surface area contributed by atoms with Crippen LogP contribution in [0.3, 0.4) is 0 Å². The first-order valence-electron chi connectivity index (χ1n) is 5.05. The molecule has 0 N–H and O–H groups in total. The van der Waals surface area contributed by atoms with Crippen LogP contribution in [0.4, 0.5) is 0 Å². The highest BCUT2D eigenvalue weighted by Crippen LogP contribution is 2.15. The van der Waals surface area contributed by atoms with Crippen molar-refractivity contribution in [2.24, 2.45) is 0 Å². The molecule has 0 saturated heterocycles. The van der Waals surface area contributed by atoms with Crippen molar-refractivity contribution in [3.63, 3.8) is 0 Å². The van der Waals surface area contributed by atoms with Crippen LogP contribution in [-0.4, -0.2) is 4.98 Å². The summed E-state index contributed by atoms with van der Waals surface area (Å²) in [5.74, 6) is 0.883. The molecule has 1 heterocycles. The van der Waals surface area contributed by atoms with E-state index in [0.717, 1.165) is 16.6 Å². The van der Waals surface area contributed by atoms with Gasteiger partial charge in [-0.05, 0) is 23.8 Å². The lowest BCUT2D eigenvalue weighted by atomic mass is 10.2. The van der Waals surface area contributed by atoms with Gasteiger partial charge in [-0.15, -0.1) is 0 Å². The molecule has 0 atom stereocenters. The van der Waals surface area contributed by atoms with E-state index in [2.05, 4.69) is 20.9 Å². The number of ether oxygens (including phenoxy) is 1. The van der Waals surface area contributed by atoms with Crippen LogP contribution in [0.5, 0.6) is 5.75 Å². The van der Waals surface area contributed by atoms with Crippen molar-refractivity contribution in [1.29, 1.82) is 0 Å². The van der Waals surface area contributed by atoms with Crippen molar-refractivity contribution in [1.82, 2.24) is 4.98 Å². The van der Waals surface area contributed by atoms with E-state index in [-0.39, 0.29) is 0 Å². The first-order valence-corrected chi connectivity index (χ1v) is 6.17. The Morgan fingerprint density at radius 3 is 2.50 bits per heavy atom. The predicted molar refractivity (Wildman–Crippen MR) is 67.6 cm³/mol. The summed E-state index contributed by atoms with van der Waals surface area (Å²) in [6.07, 6.45) is 3.57. The molecule has 0 spiro atoms. The summed E-state index contributed by atoms with van der Waals surface area (Å²) in [7, 11) is 0. The van der Waals surface area contributed by atoms with E-state index in [1.807, 2.05) is 42.6 Å². The summed E-state index contributed by atoms with van der Waals surface area (Å²) < 4.78 is 5.64. The van der Waals surface area contributed by atoms with Crippen LogP contribution < -0.4 is 4.74 Å². The molecule has 2 nitrogen and oxygen atoms in total. The molecule has 82 valence electrons. The molecule has 0 aliphatic rings. The van der Waals surface area contributed by atoms with Crippen LogP contribution in [0, 0.1) is 0 Å². The van der Waals surface area contributed by atoms with Crippen LogP contribution in [0.25, 0.3) is 0 Å². The standard InChI is InChI=1S/C13H12BrNO/c14-8-11-3-5-13(6-4-11)16-10-12-2-1-7-15-9-12/h1-7,9H,8,10H2. The normalized spacial score (nSPS) is 10.1. The molecular formula is C13H12BrNO. The van der Waals surface area contributed by atoms with Crippen molar-refractivity contribution in [3.05, 3.63) is 59.9 Å². The number of nitrogens with zero attached hydrogens (tertiary/aromatic N) is 1. The maximum atomic E-state index is 5.64. The van der Waals surface area contributed by atoms with Gasteiger partial charge < -0.3 is 4.74 Å². The quantitative estimate of drug-likeness (QED) is 0.798. The Bertz CT molecular complexity index is 427. The fourth-order valence-electron chi connectivity index (χ4n) is 1.32. The minimum Gasteiger partial charge on any atom is -0.489 e. The number of benzene rings is 1. The summed E-state index contributed by atoms with van der Waals surface area (Å²) in [5, 5.41) is 0.871. The first-order chi connectivity index (χ1) is 7.88. The zero-order valence-corrected chi connectivity index (χ0v) is 10.4. The van der Waals surface area contributed by atoms with Crippen molar-refractivity contribution in [2.75, 3.05) is 0 Å². The SMILES string of the molecule is BrCc1ccc(OCc2cccnc2)cc1. The average molecular weight is 278 g/mol. The number of pyridine rings is 1. The number of halogens is 1. The molecule has 2 aromatic rings. The van der Waals surface area contributed by atoms with E-state index in [1.165, 1.54) is 5.56 Å². The highest BCUT2D eigenvalue weighted by atomic mass is 79.9. The smallest absolute Gasteiger partial charge is 0.119 e. The summed E-state index contributed by atoms with van der Waals surface area (Å²) in [5.41, 5.74) is 2.32. The van der Waals surface area contributed by atoms with Gasteiger partial charge in [0.2, 0.25) is 0 Å². The van der Waals surface area contributed by atoms with Crippen molar-refractivity contribution >= 4 is 15.9 Å². The molecule has 0 saturated carbocycles. The zero-order valence-electron chi connectivity index (χ0n) is 8.77. The number of hydrogen-bond acceptors (Lipinski definition) is 2. The molecule has 16 heavy (non-hydrogen) atoms. The topological polar surface area (TPSA) is 22.1 Å². The molecule has 0 bridgehead atoms. The third-order valence-corrected chi connectivity index (χ3v) is 2.85. The number of aromatic nitrogens is 1. The Morgan fingerprint density at radius 2 is 1.88 bits per heavy atom. The third kappa shape index (κ3) is 3.07. The van der Waals surface area contributed by atoms with Crippen molar-refractivity contribution < 1.29 is 4.74 Å². The molecule has 1 aromatic carbocycles. The van der Waals surface area contributed by atoms with Crippen molar-refractivity contribution in [2.45, 2.75) is 11.9 Å². The Balaban J connectivity index is 1.94. The average Bonchev–Trinajstić information content (AvgIpc) is 2.38. The maximum absolute atomic E-state index is 5.64. The van der Waals surface area contributed by atoms with E-state index in [9.17, 15) is 0 Å². The van der Waals surface area contributed by atoms with Gasteiger partial charge >= 0.3 is 0 Å². The molecule has 1 aromatic heterocycles. The van der Waals surface area contributed by atoms with E-state index < -0.39 is 0 Å². The lowest BCUT2D eigenvalue weighted by Gasteiger charge is -2.06. The molecule has 2 rings (SSSR count). The number of hydrogen-bond donors (Lipinski definition) is 0. The summed E-state index contributed by atoms with van der Waals surface area (Å²) in [6, 6.07) is 12.0. The van der Waals surface area contributed by atoms with Crippen LogP contribution in [0.2, 0.25) is 0 Å². The Kier molecular flexibility index (Phi) is 3.94. The molecule has 0 fully saturated rings. The molecular weight excluding hydrogens is 266 g/mol. The Hall–Kier alpha value is -1.35. The molecule has 0 amide bonds. The minimum atomic E-state index is 0.557. The lowest BCUT2D eigenvalue weighted by molar-refractivity contribution is 0.305. The van der Waals surface area contributed by atoms with Gasteiger partial charge in [-0.3, -0.25) is 4.98 Å². The fraction of sp³-hybridized carbons (Fsp3) is 0.154. The second-order valence-electron chi connectivity index (χ2n) is 3.43. The van der Waals surface area contributed by atoms with Crippen molar-refractivity contribution in [3.8, 4) is 5.75 Å².